The summed E-state index contributed by atoms with van der Waals surface area (Å²) >= 11 is 0. The van der Waals surface area contributed by atoms with Crippen LogP contribution in [0.2, 0.25) is 0 Å². The first-order valence-electron chi connectivity index (χ1n) is 9.41. The molecular weight excluding hydrogens is 382 g/mol. The molecule has 0 bridgehead atoms. The van der Waals surface area contributed by atoms with Crippen LogP contribution in [0.15, 0.2) is 84.9 Å². The van der Waals surface area contributed by atoms with Crippen LogP contribution in [0, 0.1) is 0 Å². The Balaban J connectivity index is 1.58. The van der Waals surface area contributed by atoms with Gasteiger partial charge in [-0.25, -0.2) is 4.79 Å². The fourth-order valence-electron chi connectivity index (χ4n) is 2.73. The number of amides is 1. The Morgan fingerprint density at radius 2 is 1.43 bits per heavy atom. The van der Waals surface area contributed by atoms with Crippen molar-refractivity contribution in [2.45, 2.75) is 13.0 Å². The number of nitrogens with one attached hydrogen (secondary N) is 1. The normalized spacial score (nSPS) is 11.2. The van der Waals surface area contributed by atoms with Gasteiger partial charge in [-0.3, -0.25) is 9.59 Å². The Bertz CT molecular complexity index is 1020. The van der Waals surface area contributed by atoms with E-state index in [-0.39, 0.29) is 5.78 Å². The number of carbonyl (C=O) groups is 3. The average Bonchev–Trinajstić information content (AvgIpc) is 2.78. The number of para-hydroxylation sites is 2. The Labute approximate surface area is 174 Å². The van der Waals surface area contributed by atoms with Gasteiger partial charge < -0.3 is 14.8 Å². The van der Waals surface area contributed by atoms with Crippen molar-refractivity contribution < 1.29 is 23.9 Å². The minimum absolute atomic E-state index is 0.214. The summed E-state index contributed by atoms with van der Waals surface area (Å²) in [6, 6.07) is 24.3. The Morgan fingerprint density at radius 1 is 0.833 bits per heavy atom. The Kier molecular flexibility index (Phi) is 6.95. The van der Waals surface area contributed by atoms with E-state index in [1.807, 2.05) is 12.1 Å². The maximum Gasteiger partial charge on any atom is 0.347 e. The minimum atomic E-state index is -0.868. The third-order valence-corrected chi connectivity index (χ3v) is 4.22. The van der Waals surface area contributed by atoms with Crippen molar-refractivity contribution in [2.75, 3.05) is 11.9 Å². The monoisotopic (exact) mass is 403 g/mol. The van der Waals surface area contributed by atoms with Gasteiger partial charge in [0.05, 0.1) is 5.69 Å². The largest absolute Gasteiger partial charge is 0.479 e. The van der Waals surface area contributed by atoms with E-state index < -0.39 is 24.6 Å². The zero-order valence-corrected chi connectivity index (χ0v) is 16.4. The third kappa shape index (κ3) is 5.54. The van der Waals surface area contributed by atoms with Gasteiger partial charge in [0.2, 0.25) is 0 Å². The van der Waals surface area contributed by atoms with Gasteiger partial charge in [0, 0.05) is 11.1 Å². The lowest BCUT2D eigenvalue weighted by atomic mass is 10.0. The smallest absolute Gasteiger partial charge is 0.347 e. The van der Waals surface area contributed by atoms with E-state index in [1.165, 1.54) is 0 Å². The van der Waals surface area contributed by atoms with Gasteiger partial charge in [0.1, 0.15) is 5.75 Å². The van der Waals surface area contributed by atoms with Crippen molar-refractivity contribution in [1.82, 2.24) is 0 Å². The molecule has 6 nitrogen and oxygen atoms in total. The molecule has 1 atom stereocenters. The molecule has 0 spiro atoms. The van der Waals surface area contributed by atoms with Crippen LogP contribution in [0.3, 0.4) is 0 Å². The van der Waals surface area contributed by atoms with Crippen LogP contribution >= 0.6 is 0 Å². The molecule has 0 radical (unpaired) electrons. The van der Waals surface area contributed by atoms with E-state index in [2.05, 4.69) is 5.32 Å². The molecule has 0 saturated carbocycles. The molecule has 0 fully saturated rings. The molecule has 0 aliphatic heterocycles. The molecule has 152 valence electrons. The molecule has 3 aromatic carbocycles. The van der Waals surface area contributed by atoms with Gasteiger partial charge >= 0.3 is 5.97 Å². The number of anilines is 1. The van der Waals surface area contributed by atoms with Crippen LogP contribution < -0.4 is 10.1 Å². The van der Waals surface area contributed by atoms with Crippen LogP contribution in [0.1, 0.15) is 22.8 Å². The molecule has 0 heterocycles. The topological polar surface area (TPSA) is 81.7 Å². The van der Waals surface area contributed by atoms with Crippen LogP contribution in [0.25, 0.3) is 0 Å². The van der Waals surface area contributed by atoms with Gasteiger partial charge in [-0.15, -0.1) is 0 Å². The van der Waals surface area contributed by atoms with Crippen molar-refractivity contribution in [1.29, 1.82) is 0 Å². The van der Waals surface area contributed by atoms with Gasteiger partial charge in [0.15, 0.2) is 18.5 Å². The molecule has 0 aliphatic rings. The summed E-state index contributed by atoms with van der Waals surface area (Å²) in [5, 5.41) is 2.63. The predicted octanol–water partition coefficient (Wildman–Crippen LogP) is 3.87. The fraction of sp³-hybridized carbons (Fsp3) is 0.125. The van der Waals surface area contributed by atoms with Gasteiger partial charge in [-0.05, 0) is 31.2 Å². The van der Waals surface area contributed by atoms with E-state index in [9.17, 15) is 14.4 Å². The number of hydrogen-bond acceptors (Lipinski definition) is 5. The summed E-state index contributed by atoms with van der Waals surface area (Å²) in [6.07, 6.45) is -0.868. The molecular formula is C24H21NO5. The highest BCUT2D eigenvalue weighted by molar-refractivity contribution is 6.13. The van der Waals surface area contributed by atoms with Crippen molar-refractivity contribution >= 4 is 23.3 Å². The van der Waals surface area contributed by atoms with Gasteiger partial charge in [-0.1, -0.05) is 60.7 Å². The van der Waals surface area contributed by atoms with Crippen molar-refractivity contribution in [3.63, 3.8) is 0 Å². The average molecular weight is 403 g/mol. The van der Waals surface area contributed by atoms with Crippen LogP contribution in [-0.4, -0.2) is 30.4 Å². The second kappa shape index (κ2) is 10.0. The second-order valence-electron chi connectivity index (χ2n) is 6.47. The molecule has 3 aromatic rings. The van der Waals surface area contributed by atoms with Crippen molar-refractivity contribution in [2.24, 2.45) is 0 Å². The Morgan fingerprint density at radius 3 is 2.13 bits per heavy atom. The highest BCUT2D eigenvalue weighted by atomic mass is 16.6. The Hall–Kier alpha value is -3.93. The van der Waals surface area contributed by atoms with Crippen LogP contribution in [0.5, 0.6) is 5.75 Å². The zero-order chi connectivity index (χ0) is 21.3. The molecule has 1 N–H and O–H groups in total. The maximum absolute atomic E-state index is 12.7. The SMILES string of the molecule is C[C@@H](Oc1ccccc1)C(=O)OCC(=O)Nc1ccccc1C(=O)c1ccccc1. The molecule has 3 rings (SSSR count). The minimum Gasteiger partial charge on any atom is -0.479 e. The number of ketones is 1. The van der Waals surface area contributed by atoms with Gasteiger partial charge in [-0.2, -0.15) is 0 Å². The van der Waals surface area contributed by atoms with E-state index >= 15 is 0 Å². The summed E-state index contributed by atoms with van der Waals surface area (Å²) < 4.78 is 10.5. The number of rotatable bonds is 8. The number of benzene rings is 3. The van der Waals surface area contributed by atoms with E-state index in [1.54, 1.807) is 79.7 Å². The fourth-order valence-corrected chi connectivity index (χ4v) is 2.73. The molecule has 0 saturated heterocycles. The first-order valence-corrected chi connectivity index (χ1v) is 9.41. The summed E-state index contributed by atoms with van der Waals surface area (Å²) in [7, 11) is 0. The quantitative estimate of drug-likeness (QED) is 0.456. The van der Waals surface area contributed by atoms with E-state index in [4.69, 9.17) is 9.47 Å². The molecule has 30 heavy (non-hydrogen) atoms. The standard InChI is InChI=1S/C24H21NO5/c1-17(30-19-12-6-3-7-13-19)24(28)29-16-22(26)25-21-15-9-8-14-20(21)23(27)18-10-4-2-5-11-18/h2-15,17H,16H2,1H3,(H,25,26)/t17-/m1/s1. The molecule has 0 aliphatic carbocycles. The molecule has 6 heteroatoms. The van der Waals surface area contributed by atoms with E-state index in [0.29, 0.717) is 22.6 Å². The zero-order valence-electron chi connectivity index (χ0n) is 16.4. The maximum atomic E-state index is 12.7. The summed E-state index contributed by atoms with van der Waals surface area (Å²) in [5.74, 6) is -0.903. The highest BCUT2D eigenvalue weighted by Crippen LogP contribution is 2.19. The lowest BCUT2D eigenvalue weighted by Gasteiger charge is -2.14. The van der Waals surface area contributed by atoms with Crippen molar-refractivity contribution in [3.8, 4) is 5.75 Å². The molecule has 0 aromatic heterocycles. The highest BCUT2D eigenvalue weighted by Gasteiger charge is 2.19. The van der Waals surface area contributed by atoms with Gasteiger partial charge in [0.25, 0.3) is 5.91 Å². The number of ether oxygens (including phenoxy) is 2. The molecule has 0 unspecified atom stereocenters. The summed E-state index contributed by atoms with van der Waals surface area (Å²) in [4.78, 5) is 37.1. The third-order valence-electron chi connectivity index (χ3n) is 4.22. The van der Waals surface area contributed by atoms with Crippen molar-refractivity contribution in [3.05, 3.63) is 96.1 Å². The summed E-state index contributed by atoms with van der Waals surface area (Å²) in [5.41, 5.74) is 1.21. The second-order valence-corrected chi connectivity index (χ2v) is 6.47. The van der Waals surface area contributed by atoms with Crippen LogP contribution in [-0.2, 0) is 14.3 Å². The van der Waals surface area contributed by atoms with Crippen LogP contribution in [0.4, 0.5) is 5.69 Å². The summed E-state index contributed by atoms with van der Waals surface area (Å²) in [6.45, 7) is 1.05. The lowest BCUT2D eigenvalue weighted by molar-refractivity contribution is -0.153. The number of hydrogen-bond donors (Lipinski definition) is 1. The predicted molar refractivity (Wildman–Crippen MR) is 112 cm³/mol. The first kappa shape index (κ1) is 20.8. The molecule has 1 amide bonds. The lowest BCUT2D eigenvalue weighted by Crippen LogP contribution is -2.30. The first-order chi connectivity index (χ1) is 14.5. The number of esters is 1. The van der Waals surface area contributed by atoms with E-state index in [0.717, 1.165) is 0 Å². The number of carbonyl (C=O) groups excluding carboxylic acids is 3.